The first kappa shape index (κ1) is 17.3. The lowest BCUT2D eigenvalue weighted by Crippen LogP contribution is -2.10. The molecule has 128 valence electrons. The van der Waals surface area contributed by atoms with E-state index in [0.29, 0.717) is 18.8 Å². The fourth-order valence-corrected chi connectivity index (χ4v) is 3.04. The predicted molar refractivity (Wildman–Crippen MR) is 98.2 cm³/mol. The zero-order chi connectivity index (χ0) is 17.8. The van der Waals surface area contributed by atoms with Crippen molar-refractivity contribution in [1.82, 2.24) is 9.55 Å². The van der Waals surface area contributed by atoms with E-state index in [2.05, 4.69) is 10.3 Å². The largest absolute Gasteiger partial charge is 0.375 e. The number of rotatable bonds is 6. The van der Waals surface area contributed by atoms with E-state index in [9.17, 15) is 10.1 Å². The van der Waals surface area contributed by atoms with Crippen molar-refractivity contribution in [3.05, 3.63) is 86.4 Å². The number of hydrogen-bond acceptors (Lipinski definition) is 4. The second-order valence-electron chi connectivity index (χ2n) is 5.35. The number of non-ortho nitro benzene ring substituents is 1. The highest BCUT2D eigenvalue weighted by atomic mass is 35.5. The molecule has 1 N–H and O–H groups in total. The minimum Gasteiger partial charge on any atom is -0.375 e. The summed E-state index contributed by atoms with van der Waals surface area (Å²) in [4.78, 5) is 14.6. The van der Waals surface area contributed by atoms with Crippen LogP contribution in [-0.4, -0.2) is 14.5 Å². The summed E-state index contributed by atoms with van der Waals surface area (Å²) in [5.74, 6) is 0.800. The van der Waals surface area contributed by atoms with Gasteiger partial charge >= 0.3 is 0 Å². The molecular weight excluding hydrogens is 363 g/mol. The minimum atomic E-state index is -0.534. The summed E-state index contributed by atoms with van der Waals surface area (Å²) in [7, 11) is 0. The summed E-state index contributed by atoms with van der Waals surface area (Å²) >= 11 is 12.2. The van der Waals surface area contributed by atoms with Crippen molar-refractivity contribution in [3.8, 4) is 0 Å². The number of aromatic nitrogens is 2. The second kappa shape index (κ2) is 7.55. The molecule has 0 saturated heterocycles. The van der Waals surface area contributed by atoms with Crippen molar-refractivity contribution in [2.24, 2.45) is 0 Å². The standard InChI is InChI=1S/C17H14Cl2N4O2/c18-14-8-13(23(24)25)9-15(19)17(14)21-10-16-20-6-7-22(16)11-12-4-2-1-3-5-12/h1-9,21H,10-11H2. The topological polar surface area (TPSA) is 73.0 Å². The van der Waals surface area contributed by atoms with Crippen LogP contribution in [0.3, 0.4) is 0 Å². The van der Waals surface area contributed by atoms with E-state index in [1.54, 1.807) is 6.20 Å². The SMILES string of the molecule is O=[N+]([O-])c1cc(Cl)c(NCc2nccn2Cc2ccccc2)c(Cl)c1. The lowest BCUT2D eigenvalue weighted by atomic mass is 10.2. The van der Waals surface area contributed by atoms with Gasteiger partial charge in [0, 0.05) is 31.1 Å². The van der Waals surface area contributed by atoms with Crippen LogP contribution < -0.4 is 5.32 Å². The fourth-order valence-electron chi connectivity index (χ4n) is 2.43. The molecule has 0 aliphatic carbocycles. The van der Waals surface area contributed by atoms with Gasteiger partial charge in [-0.2, -0.15) is 0 Å². The molecule has 0 unspecified atom stereocenters. The Morgan fingerprint density at radius 1 is 1.16 bits per heavy atom. The zero-order valence-corrected chi connectivity index (χ0v) is 14.5. The number of imidazole rings is 1. The first-order chi connectivity index (χ1) is 12.0. The molecule has 0 spiro atoms. The summed E-state index contributed by atoms with van der Waals surface area (Å²) in [6, 6.07) is 12.6. The van der Waals surface area contributed by atoms with E-state index in [1.807, 2.05) is 41.1 Å². The number of anilines is 1. The first-order valence-corrected chi connectivity index (χ1v) is 8.21. The Morgan fingerprint density at radius 2 is 1.84 bits per heavy atom. The summed E-state index contributed by atoms with van der Waals surface area (Å²) < 4.78 is 2.01. The highest BCUT2D eigenvalue weighted by molar-refractivity contribution is 6.39. The third-order valence-electron chi connectivity index (χ3n) is 3.66. The van der Waals surface area contributed by atoms with Gasteiger partial charge in [-0.3, -0.25) is 10.1 Å². The second-order valence-corrected chi connectivity index (χ2v) is 6.17. The van der Waals surface area contributed by atoms with Gasteiger partial charge in [0.05, 0.1) is 27.2 Å². The molecule has 0 atom stereocenters. The van der Waals surface area contributed by atoms with Crippen LogP contribution in [0.5, 0.6) is 0 Å². The van der Waals surface area contributed by atoms with E-state index in [4.69, 9.17) is 23.2 Å². The molecule has 0 aliphatic heterocycles. The summed E-state index contributed by atoms with van der Waals surface area (Å²) in [6.07, 6.45) is 3.61. The molecule has 2 aromatic carbocycles. The molecule has 0 radical (unpaired) electrons. The van der Waals surface area contributed by atoms with Crippen LogP contribution in [0.15, 0.2) is 54.9 Å². The fraction of sp³-hybridized carbons (Fsp3) is 0.118. The van der Waals surface area contributed by atoms with Gasteiger partial charge in [-0.05, 0) is 5.56 Å². The maximum Gasteiger partial charge on any atom is 0.272 e. The highest BCUT2D eigenvalue weighted by Gasteiger charge is 2.15. The van der Waals surface area contributed by atoms with Crippen LogP contribution in [-0.2, 0) is 13.1 Å². The molecule has 0 fully saturated rings. The van der Waals surface area contributed by atoms with E-state index in [-0.39, 0.29) is 15.7 Å². The van der Waals surface area contributed by atoms with Crippen LogP contribution in [0.4, 0.5) is 11.4 Å². The number of hydrogen-bond donors (Lipinski definition) is 1. The maximum atomic E-state index is 10.8. The lowest BCUT2D eigenvalue weighted by molar-refractivity contribution is -0.384. The molecule has 0 aliphatic rings. The molecule has 3 aromatic rings. The van der Waals surface area contributed by atoms with E-state index < -0.39 is 4.92 Å². The Morgan fingerprint density at radius 3 is 2.48 bits per heavy atom. The van der Waals surface area contributed by atoms with Crippen molar-refractivity contribution in [2.45, 2.75) is 13.1 Å². The van der Waals surface area contributed by atoms with Gasteiger partial charge in [-0.15, -0.1) is 0 Å². The smallest absolute Gasteiger partial charge is 0.272 e. The van der Waals surface area contributed by atoms with Gasteiger partial charge < -0.3 is 9.88 Å². The van der Waals surface area contributed by atoms with Crippen LogP contribution >= 0.6 is 23.2 Å². The molecule has 0 saturated carbocycles. The Labute approximate surface area is 154 Å². The van der Waals surface area contributed by atoms with Crippen molar-refractivity contribution in [1.29, 1.82) is 0 Å². The van der Waals surface area contributed by atoms with Crippen LogP contribution in [0.1, 0.15) is 11.4 Å². The quantitative estimate of drug-likeness (QED) is 0.497. The Balaban J connectivity index is 1.75. The molecule has 0 bridgehead atoms. The average Bonchev–Trinajstić information content (AvgIpc) is 3.02. The summed E-state index contributed by atoms with van der Waals surface area (Å²) in [6.45, 7) is 1.08. The molecular formula is C17H14Cl2N4O2. The number of nitrogens with one attached hydrogen (secondary N) is 1. The Kier molecular flexibility index (Phi) is 5.21. The molecule has 1 heterocycles. The Hall–Kier alpha value is -2.57. The van der Waals surface area contributed by atoms with Gasteiger partial charge in [0.2, 0.25) is 0 Å². The monoisotopic (exact) mass is 376 g/mol. The third kappa shape index (κ3) is 4.10. The molecule has 25 heavy (non-hydrogen) atoms. The average molecular weight is 377 g/mol. The van der Waals surface area contributed by atoms with Crippen LogP contribution in [0, 0.1) is 10.1 Å². The van der Waals surface area contributed by atoms with Crippen molar-refractivity contribution >= 4 is 34.6 Å². The number of benzene rings is 2. The zero-order valence-electron chi connectivity index (χ0n) is 13.0. The first-order valence-electron chi connectivity index (χ1n) is 7.46. The summed E-state index contributed by atoms with van der Waals surface area (Å²) in [5, 5.41) is 14.3. The summed E-state index contributed by atoms with van der Waals surface area (Å²) in [5.41, 5.74) is 1.46. The van der Waals surface area contributed by atoms with Crippen molar-refractivity contribution in [2.75, 3.05) is 5.32 Å². The molecule has 0 amide bonds. The van der Waals surface area contributed by atoms with Gasteiger partial charge in [0.25, 0.3) is 5.69 Å². The molecule has 8 heteroatoms. The van der Waals surface area contributed by atoms with Crippen molar-refractivity contribution < 1.29 is 4.92 Å². The molecule has 6 nitrogen and oxygen atoms in total. The number of halogens is 2. The number of nitro benzene ring substituents is 1. The van der Waals surface area contributed by atoms with Gasteiger partial charge in [0.15, 0.2) is 0 Å². The molecule has 1 aromatic heterocycles. The van der Waals surface area contributed by atoms with Crippen molar-refractivity contribution in [3.63, 3.8) is 0 Å². The molecule has 3 rings (SSSR count). The number of nitrogens with zero attached hydrogens (tertiary/aromatic N) is 3. The van der Waals surface area contributed by atoms with Gasteiger partial charge in [-0.25, -0.2) is 4.98 Å². The van der Waals surface area contributed by atoms with Crippen LogP contribution in [0.25, 0.3) is 0 Å². The maximum absolute atomic E-state index is 10.8. The van der Waals surface area contributed by atoms with E-state index in [1.165, 1.54) is 12.1 Å². The minimum absolute atomic E-state index is 0.147. The van der Waals surface area contributed by atoms with E-state index in [0.717, 1.165) is 11.4 Å². The predicted octanol–water partition coefficient (Wildman–Crippen LogP) is 4.76. The highest BCUT2D eigenvalue weighted by Crippen LogP contribution is 2.34. The van der Waals surface area contributed by atoms with Gasteiger partial charge in [0.1, 0.15) is 5.82 Å². The Bertz CT molecular complexity index is 874. The van der Waals surface area contributed by atoms with Gasteiger partial charge in [-0.1, -0.05) is 53.5 Å². The third-order valence-corrected chi connectivity index (χ3v) is 4.25. The van der Waals surface area contributed by atoms with Crippen LogP contribution in [0.2, 0.25) is 10.0 Å². The van der Waals surface area contributed by atoms with E-state index >= 15 is 0 Å². The normalized spacial score (nSPS) is 10.6. The lowest BCUT2D eigenvalue weighted by Gasteiger charge is -2.12. The number of nitro groups is 1.